The van der Waals surface area contributed by atoms with Gasteiger partial charge in [0.25, 0.3) is 5.91 Å². The van der Waals surface area contributed by atoms with Crippen LogP contribution in [0.2, 0.25) is 15.1 Å². The molecule has 0 unspecified atom stereocenters. The second-order valence-corrected chi connectivity index (χ2v) is 8.38. The zero-order chi connectivity index (χ0) is 20.8. The van der Waals surface area contributed by atoms with E-state index in [-0.39, 0.29) is 26.4 Å². The number of amides is 1. The van der Waals surface area contributed by atoms with E-state index < -0.39 is 23.7 Å². The number of carbonyl (C=O) groups excluding carboxylic acids is 2. The number of hydrogen-bond donors (Lipinski definition) is 2. The van der Waals surface area contributed by atoms with Crippen molar-refractivity contribution in [3.05, 3.63) is 62.1 Å². The van der Waals surface area contributed by atoms with Crippen LogP contribution in [0.4, 0.5) is 0 Å². The lowest BCUT2D eigenvalue weighted by Gasteiger charge is -2.42. The highest BCUT2D eigenvalue weighted by Crippen LogP contribution is 2.41. The standard InChI is InChI=1S/C20H18Cl3NO4/c1-9(25)10-4-5-15-12(6-10)17(18(26)20(2,3)28-15)24-19(27)13-7-11(21)8-14(22)16(13)23/h4-8,17-18,26H,1-3H3,(H,24,27)/t17-,18+/m0/s1. The Morgan fingerprint density at radius 2 is 1.82 bits per heavy atom. The van der Waals surface area contributed by atoms with E-state index in [0.717, 1.165) is 0 Å². The van der Waals surface area contributed by atoms with Crippen LogP contribution >= 0.6 is 34.8 Å². The fourth-order valence-corrected chi connectivity index (χ4v) is 3.80. The Hall–Kier alpha value is -1.79. The number of nitrogens with one attached hydrogen (secondary N) is 1. The monoisotopic (exact) mass is 441 g/mol. The number of carbonyl (C=O) groups is 2. The molecule has 2 aromatic rings. The molecule has 3 rings (SSSR count). The maximum Gasteiger partial charge on any atom is 0.253 e. The Bertz CT molecular complexity index is 974. The van der Waals surface area contributed by atoms with E-state index in [2.05, 4.69) is 5.32 Å². The van der Waals surface area contributed by atoms with Gasteiger partial charge in [0.1, 0.15) is 17.5 Å². The van der Waals surface area contributed by atoms with E-state index in [0.29, 0.717) is 16.9 Å². The number of aliphatic hydroxyl groups excluding tert-OH is 1. The summed E-state index contributed by atoms with van der Waals surface area (Å²) in [6, 6.07) is 6.90. The maximum atomic E-state index is 12.9. The van der Waals surface area contributed by atoms with Crippen LogP contribution in [0.25, 0.3) is 0 Å². The molecule has 2 N–H and O–H groups in total. The van der Waals surface area contributed by atoms with Crippen LogP contribution in [-0.4, -0.2) is 28.5 Å². The van der Waals surface area contributed by atoms with Gasteiger partial charge in [-0.1, -0.05) is 34.8 Å². The van der Waals surface area contributed by atoms with Gasteiger partial charge in [-0.3, -0.25) is 9.59 Å². The summed E-state index contributed by atoms with van der Waals surface area (Å²) >= 11 is 18.2. The van der Waals surface area contributed by atoms with Crippen LogP contribution in [0.3, 0.4) is 0 Å². The third-order valence-corrected chi connectivity index (χ3v) is 5.70. The number of hydrogen-bond acceptors (Lipinski definition) is 4. The van der Waals surface area contributed by atoms with Gasteiger partial charge in [0.15, 0.2) is 5.78 Å². The second-order valence-electron chi connectivity index (χ2n) is 7.16. The van der Waals surface area contributed by atoms with Gasteiger partial charge in [0, 0.05) is 16.1 Å². The first-order valence-corrected chi connectivity index (χ1v) is 9.62. The lowest BCUT2D eigenvalue weighted by Crippen LogP contribution is -2.53. The molecule has 28 heavy (non-hydrogen) atoms. The molecule has 1 amide bonds. The minimum atomic E-state index is -1.08. The van der Waals surface area contributed by atoms with E-state index in [1.165, 1.54) is 19.1 Å². The number of fused-ring (bicyclic) bond motifs is 1. The van der Waals surface area contributed by atoms with Crippen molar-refractivity contribution in [2.75, 3.05) is 0 Å². The molecule has 1 aliphatic rings. The van der Waals surface area contributed by atoms with Gasteiger partial charge in [0.2, 0.25) is 0 Å². The molecule has 0 saturated heterocycles. The summed E-state index contributed by atoms with van der Waals surface area (Å²) in [6.07, 6.45) is -1.08. The number of rotatable bonds is 3. The Morgan fingerprint density at radius 1 is 1.14 bits per heavy atom. The molecule has 5 nitrogen and oxygen atoms in total. The normalized spacial score (nSPS) is 20.1. The first-order chi connectivity index (χ1) is 13.0. The number of Topliss-reactive ketones (excluding diaryl/α,β-unsaturated/α-hetero) is 1. The third-order valence-electron chi connectivity index (χ3n) is 4.68. The van der Waals surface area contributed by atoms with Crippen molar-refractivity contribution in [1.82, 2.24) is 5.32 Å². The minimum absolute atomic E-state index is 0.0575. The molecule has 0 fully saturated rings. The smallest absolute Gasteiger partial charge is 0.253 e. The van der Waals surface area contributed by atoms with Crippen LogP contribution in [0.1, 0.15) is 53.1 Å². The molecule has 2 aromatic carbocycles. The van der Waals surface area contributed by atoms with Crippen molar-refractivity contribution in [3.63, 3.8) is 0 Å². The van der Waals surface area contributed by atoms with E-state index in [1.54, 1.807) is 32.0 Å². The summed E-state index contributed by atoms with van der Waals surface area (Å²) in [5.41, 5.74) is 0.0488. The van der Waals surface area contributed by atoms with Gasteiger partial charge < -0.3 is 15.2 Å². The number of ether oxygens (including phenoxy) is 1. The summed E-state index contributed by atoms with van der Waals surface area (Å²) < 4.78 is 5.86. The molecule has 148 valence electrons. The molecule has 2 atom stereocenters. The average molecular weight is 443 g/mol. The maximum absolute atomic E-state index is 12.9. The summed E-state index contributed by atoms with van der Waals surface area (Å²) in [5.74, 6) is -0.229. The Kier molecular flexibility index (Phi) is 5.65. The topological polar surface area (TPSA) is 75.6 Å². The van der Waals surface area contributed by atoms with Crippen molar-refractivity contribution in [3.8, 4) is 5.75 Å². The quantitative estimate of drug-likeness (QED) is 0.526. The van der Waals surface area contributed by atoms with E-state index in [4.69, 9.17) is 39.5 Å². The average Bonchev–Trinajstić information content (AvgIpc) is 2.61. The molecule has 0 aromatic heterocycles. The number of aliphatic hydroxyl groups is 1. The molecule has 0 spiro atoms. The van der Waals surface area contributed by atoms with Crippen LogP contribution in [0.15, 0.2) is 30.3 Å². The van der Waals surface area contributed by atoms with Crippen molar-refractivity contribution in [2.45, 2.75) is 38.5 Å². The molecule has 0 radical (unpaired) electrons. The predicted octanol–water partition coefficient (Wildman–Crippen LogP) is 4.85. The van der Waals surface area contributed by atoms with E-state index in [1.807, 2.05) is 0 Å². The van der Waals surface area contributed by atoms with E-state index >= 15 is 0 Å². The zero-order valence-corrected chi connectivity index (χ0v) is 17.6. The predicted molar refractivity (Wildman–Crippen MR) is 109 cm³/mol. The van der Waals surface area contributed by atoms with Crippen LogP contribution in [0, 0.1) is 0 Å². The Morgan fingerprint density at radius 3 is 2.46 bits per heavy atom. The van der Waals surface area contributed by atoms with Gasteiger partial charge in [-0.15, -0.1) is 0 Å². The summed E-state index contributed by atoms with van der Waals surface area (Å²) in [6.45, 7) is 4.86. The second kappa shape index (κ2) is 7.56. The fourth-order valence-electron chi connectivity index (χ4n) is 3.12. The van der Waals surface area contributed by atoms with Crippen molar-refractivity contribution in [1.29, 1.82) is 0 Å². The molecular formula is C20H18Cl3NO4. The van der Waals surface area contributed by atoms with Gasteiger partial charge in [0.05, 0.1) is 21.7 Å². The van der Waals surface area contributed by atoms with Gasteiger partial charge in [-0.05, 0) is 51.1 Å². The molecule has 8 heteroatoms. The minimum Gasteiger partial charge on any atom is -0.485 e. The Labute approximate surface area is 177 Å². The highest BCUT2D eigenvalue weighted by Gasteiger charge is 2.44. The highest BCUT2D eigenvalue weighted by molar-refractivity contribution is 6.45. The molecule has 1 aliphatic heterocycles. The van der Waals surface area contributed by atoms with Gasteiger partial charge in [-0.2, -0.15) is 0 Å². The van der Waals surface area contributed by atoms with Crippen molar-refractivity contribution < 1.29 is 19.4 Å². The van der Waals surface area contributed by atoms with Gasteiger partial charge in [-0.25, -0.2) is 0 Å². The zero-order valence-electron chi connectivity index (χ0n) is 15.3. The van der Waals surface area contributed by atoms with Gasteiger partial charge >= 0.3 is 0 Å². The SMILES string of the molecule is CC(=O)c1ccc2c(c1)[C@H](NC(=O)c1cc(Cl)cc(Cl)c1Cl)[C@@H](O)C(C)(C)O2. The number of benzene rings is 2. The van der Waals surface area contributed by atoms with Crippen molar-refractivity contribution in [2.24, 2.45) is 0 Å². The van der Waals surface area contributed by atoms with Crippen LogP contribution in [0.5, 0.6) is 5.75 Å². The lowest BCUT2D eigenvalue weighted by atomic mass is 9.85. The van der Waals surface area contributed by atoms with Crippen LogP contribution in [-0.2, 0) is 0 Å². The first kappa shape index (κ1) is 20.9. The fraction of sp³-hybridized carbons (Fsp3) is 0.300. The van der Waals surface area contributed by atoms with E-state index in [9.17, 15) is 14.7 Å². The largest absolute Gasteiger partial charge is 0.485 e. The molecule has 1 heterocycles. The summed E-state index contributed by atoms with van der Waals surface area (Å²) in [5, 5.41) is 14.1. The van der Waals surface area contributed by atoms with Crippen molar-refractivity contribution >= 4 is 46.5 Å². The lowest BCUT2D eigenvalue weighted by molar-refractivity contribution is -0.0627. The third kappa shape index (κ3) is 3.85. The highest BCUT2D eigenvalue weighted by atomic mass is 35.5. The number of halogens is 3. The summed E-state index contributed by atoms with van der Waals surface area (Å²) in [4.78, 5) is 24.7. The molecular weight excluding hydrogens is 425 g/mol. The molecule has 0 saturated carbocycles. The van der Waals surface area contributed by atoms with Crippen LogP contribution < -0.4 is 10.1 Å². The summed E-state index contributed by atoms with van der Waals surface area (Å²) in [7, 11) is 0. The Balaban J connectivity index is 2.04. The molecule has 0 aliphatic carbocycles. The molecule has 0 bridgehead atoms. The first-order valence-electron chi connectivity index (χ1n) is 8.48. The number of ketones is 1.